The number of carbonyl (C=O) groups is 3. The highest BCUT2D eigenvalue weighted by Crippen LogP contribution is 2.48. The van der Waals surface area contributed by atoms with Gasteiger partial charge >= 0.3 is 0 Å². The van der Waals surface area contributed by atoms with Gasteiger partial charge in [0.2, 0.25) is 17.7 Å². The molecule has 3 amide bonds. The quantitative estimate of drug-likeness (QED) is 0.145. The first kappa shape index (κ1) is 31.7. The van der Waals surface area contributed by atoms with Gasteiger partial charge in [-0.25, -0.2) is 0 Å². The van der Waals surface area contributed by atoms with Crippen LogP contribution in [0.2, 0.25) is 0 Å². The second-order valence-electron chi connectivity index (χ2n) is 12.3. The molecule has 0 aliphatic heterocycles. The lowest BCUT2D eigenvalue weighted by atomic mass is 9.58. The SMILES string of the molecule is CC(C(C(=O)NCCCCCNC(=O)CN=[N+]=[N-])C(C)(C)C)C(C)(C)C(CC(C)(C)C)C(N)=O. The lowest BCUT2D eigenvalue weighted by Crippen LogP contribution is -2.50. The zero-order chi connectivity index (χ0) is 26.7. The zero-order valence-corrected chi connectivity index (χ0v) is 22.8. The predicted molar refractivity (Wildman–Crippen MR) is 137 cm³/mol. The third-order valence-corrected chi connectivity index (χ3v) is 6.70. The van der Waals surface area contributed by atoms with Gasteiger partial charge in [0.25, 0.3) is 0 Å². The minimum Gasteiger partial charge on any atom is -0.369 e. The summed E-state index contributed by atoms with van der Waals surface area (Å²) in [5.41, 5.74) is 13.3. The van der Waals surface area contributed by atoms with E-state index in [-0.39, 0.29) is 52.8 Å². The molecule has 3 atom stereocenters. The van der Waals surface area contributed by atoms with E-state index in [2.05, 4.69) is 83.0 Å². The van der Waals surface area contributed by atoms with Crippen molar-refractivity contribution in [2.45, 2.75) is 88.0 Å². The number of nitrogens with two attached hydrogens (primary N) is 1. The van der Waals surface area contributed by atoms with Crippen molar-refractivity contribution in [1.82, 2.24) is 10.6 Å². The number of nitrogens with zero attached hydrogens (tertiary/aromatic N) is 3. The zero-order valence-electron chi connectivity index (χ0n) is 22.8. The Morgan fingerprint density at radius 1 is 0.941 bits per heavy atom. The monoisotopic (exact) mass is 480 g/mol. The first-order chi connectivity index (χ1) is 15.4. The van der Waals surface area contributed by atoms with E-state index in [0.717, 1.165) is 19.3 Å². The molecule has 0 fully saturated rings. The highest BCUT2D eigenvalue weighted by Gasteiger charge is 2.48. The summed E-state index contributed by atoms with van der Waals surface area (Å²) in [7, 11) is 0. The van der Waals surface area contributed by atoms with Gasteiger partial charge in [-0.2, -0.15) is 0 Å². The Morgan fingerprint density at radius 2 is 1.47 bits per heavy atom. The molecular weight excluding hydrogens is 432 g/mol. The third-order valence-electron chi connectivity index (χ3n) is 6.70. The Balaban J connectivity index is 5.05. The van der Waals surface area contributed by atoms with E-state index < -0.39 is 5.41 Å². The summed E-state index contributed by atoms with van der Waals surface area (Å²) in [6.45, 7) is 19.5. The van der Waals surface area contributed by atoms with E-state index in [1.165, 1.54) is 0 Å². The summed E-state index contributed by atoms with van der Waals surface area (Å²) in [6, 6.07) is 0. The van der Waals surface area contributed by atoms with Crippen LogP contribution in [0.25, 0.3) is 10.4 Å². The maximum Gasteiger partial charge on any atom is 0.225 e. The van der Waals surface area contributed by atoms with Crippen molar-refractivity contribution in [3.63, 3.8) is 0 Å². The van der Waals surface area contributed by atoms with Gasteiger partial charge in [-0.05, 0) is 53.4 Å². The number of carbonyl (C=O) groups excluding carboxylic acids is 3. The molecule has 196 valence electrons. The Kier molecular flexibility index (Phi) is 12.7. The van der Waals surface area contributed by atoms with Gasteiger partial charge in [-0.1, -0.05) is 67.4 Å². The minimum absolute atomic E-state index is 0.00489. The lowest BCUT2D eigenvalue weighted by molar-refractivity contribution is -0.139. The lowest BCUT2D eigenvalue weighted by Gasteiger charge is -2.46. The van der Waals surface area contributed by atoms with Gasteiger partial charge in [0.15, 0.2) is 0 Å². The van der Waals surface area contributed by atoms with Crippen molar-refractivity contribution in [3.05, 3.63) is 10.4 Å². The van der Waals surface area contributed by atoms with Crippen LogP contribution in [0.1, 0.15) is 88.0 Å². The first-order valence-electron chi connectivity index (χ1n) is 12.3. The number of hydrogen-bond donors (Lipinski definition) is 3. The molecule has 0 heterocycles. The number of amides is 3. The molecule has 0 aromatic carbocycles. The van der Waals surface area contributed by atoms with Crippen LogP contribution in [-0.4, -0.2) is 37.4 Å². The minimum atomic E-state index is -0.456. The van der Waals surface area contributed by atoms with Crippen LogP contribution < -0.4 is 16.4 Å². The van der Waals surface area contributed by atoms with Crippen LogP contribution in [-0.2, 0) is 14.4 Å². The average molecular weight is 481 g/mol. The van der Waals surface area contributed by atoms with Crippen molar-refractivity contribution < 1.29 is 14.4 Å². The molecule has 0 bridgehead atoms. The molecular formula is C25H48N6O3. The highest BCUT2D eigenvalue weighted by atomic mass is 16.2. The summed E-state index contributed by atoms with van der Waals surface area (Å²) in [5.74, 6) is -1.31. The average Bonchev–Trinajstić information content (AvgIpc) is 2.67. The molecule has 9 nitrogen and oxygen atoms in total. The molecule has 0 aliphatic carbocycles. The molecule has 0 aromatic heterocycles. The number of azide groups is 1. The molecule has 0 radical (unpaired) electrons. The molecule has 0 rings (SSSR count). The molecule has 34 heavy (non-hydrogen) atoms. The van der Waals surface area contributed by atoms with E-state index in [0.29, 0.717) is 19.5 Å². The van der Waals surface area contributed by atoms with Gasteiger partial charge in [-0.15, -0.1) is 0 Å². The number of nitrogens with one attached hydrogen (secondary N) is 2. The third kappa shape index (κ3) is 11.2. The van der Waals surface area contributed by atoms with Crippen molar-refractivity contribution in [3.8, 4) is 0 Å². The summed E-state index contributed by atoms with van der Waals surface area (Å²) in [5, 5.41) is 9.00. The first-order valence-corrected chi connectivity index (χ1v) is 12.3. The second kappa shape index (κ2) is 13.6. The van der Waals surface area contributed by atoms with Crippen LogP contribution in [0, 0.1) is 34.0 Å². The van der Waals surface area contributed by atoms with Crippen molar-refractivity contribution in [2.75, 3.05) is 19.6 Å². The Morgan fingerprint density at radius 3 is 1.91 bits per heavy atom. The van der Waals surface area contributed by atoms with E-state index >= 15 is 0 Å². The van der Waals surface area contributed by atoms with Crippen LogP contribution in [0.3, 0.4) is 0 Å². The maximum atomic E-state index is 13.3. The number of primary amides is 1. The number of rotatable bonds is 14. The summed E-state index contributed by atoms with van der Waals surface area (Å²) >= 11 is 0. The molecule has 0 aliphatic rings. The van der Waals surface area contributed by atoms with Gasteiger partial charge < -0.3 is 16.4 Å². The van der Waals surface area contributed by atoms with Crippen LogP contribution in [0.5, 0.6) is 0 Å². The Bertz CT molecular complexity index is 730. The fourth-order valence-electron chi connectivity index (χ4n) is 4.59. The number of hydrogen-bond acceptors (Lipinski definition) is 4. The normalized spacial score (nSPS) is 15.0. The van der Waals surface area contributed by atoms with E-state index in [4.69, 9.17) is 11.3 Å². The molecule has 9 heteroatoms. The van der Waals surface area contributed by atoms with Crippen molar-refractivity contribution in [1.29, 1.82) is 0 Å². The predicted octanol–water partition coefficient (Wildman–Crippen LogP) is 4.56. The topological polar surface area (TPSA) is 150 Å². The van der Waals surface area contributed by atoms with E-state index in [9.17, 15) is 14.4 Å². The molecule has 0 aromatic rings. The van der Waals surface area contributed by atoms with E-state index in [1.807, 2.05) is 0 Å². The molecule has 3 unspecified atom stereocenters. The van der Waals surface area contributed by atoms with Gasteiger partial charge in [0.1, 0.15) is 6.54 Å². The van der Waals surface area contributed by atoms with Crippen LogP contribution >= 0.6 is 0 Å². The Hall–Kier alpha value is -2.28. The summed E-state index contributed by atoms with van der Waals surface area (Å²) in [4.78, 5) is 39.7. The largest absolute Gasteiger partial charge is 0.369 e. The van der Waals surface area contributed by atoms with Crippen molar-refractivity contribution in [2.24, 2.45) is 44.8 Å². The smallest absolute Gasteiger partial charge is 0.225 e. The fourth-order valence-corrected chi connectivity index (χ4v) is 4.59. The van der Waals surface area contributed by atoms with Crippen molar-refractivity contribution >= 4 is 17.7 Å². The Labute approximate surface area is 206 Å². The van der Waals surface area contributed by atoms with Crippen LogP contribution in [0.4, 0.5) is 0 Å². The standard InChI is InChI=1S/C25H48N6O3/c1-17(25(8,9)18(21(26)33)15-23(2,3)4)20(24(5,6)7)22(34)29-14-12-10-11-13-28-19(32)16-30-31-27/h17-18,20H,10-16H2,1-9H3,(H2,26,33)(H,28,32)(H,29,34). The van der Waals surface area contributed by atoms with Gasteiger partial charge in [-0.3, -0.25) is 14.4 Å². The number of unbranched alkanes of at least 4 members (excludes halogenated alkanes) is 2. The molecule has 0 saturated carbocycles. The summed E-state index contributed by atoms with van der Waals surface area (Å²) in [6.07, 6.45) is 3.08. The van der Waals surface area contributed by atoms with E-state index in [1.54, 1.807) is 0 Å². The fraction of sp³-hybridized carbons (Fsp3) is 0.880. The van der Waals surface area contributed by atoms with Gasteiger partial charge in [0, 0.05) is 29.8 Å². The summed E-state index contributed by atoms with van der Waals surface area (Å²) < 4.78 is 0. The van der Waals surface area contributed by atoms with Gasteiger partial charge in [0.05, 0.1) is 0 Å². The second-order valence-corrected chi connectivity index (χ2v) is 12.3. The molecule has 4 N–H and O–H groups in total. The van der Waals surface area contributed by atoms with Crippen LogP contribution in [0.15, 0.2) is 5.11 Å². The molecule has 0 spiro atoms. The maximum absolute atomic E-state index is 13.3. The highest BCUT2D eigenvalue weighted by molar-refractivity contribution is 5.81. The molecule has 0 saturated heterocycles.